The van der Waals surface area contributed by atoms with Crippen molar-refractivity contribution in [1.29, 1.82) is 0 Å². The predicted octanol–water partition coefficient (Wildman–Crippen LogP) is 4.30. The van der Waals surface area contributed by atoms with Crippen molar-refractivity contribution in [2.75, 3.05) is 11.1 Å². The first-order valence-electron chi connectivity index (χ1n) is 9.07. The summed E-state index contributed by atoms with van der Waals surface area (Å²) in [5, 5.41) is 2.92. The number of nitrogen functional groups attached to an aromatic ring is 1. The Hall–Kier alpha value is -3.21. The molecule has 0 radical (unpaired) electrons. The fraction of sp³-hybridized carbons (Fsp3) is 0.227. The van der Waals surface area contributed by atoms with Crippen molar-refractivity contribution in [1.82, 2.24) is 9.97 Å². The molecule has 0 atom stereocenters. The van der Waals surface area contributed by atoms with Gasteiger partial charge in [-0.1, -0.05) is 56.3 Å². The SMILES string of the molecule is CC(C)CC(=O)Nc1ncc(-c2ccc(N)cc2)nc1Cc1ccccc1. The van der Waals surface area contributed by atoms with Gasteiger partial charge in [0.2, 0.25) is 5.91 Å². The van der Waals surface area contributed by atoms with E-state index in [9.17, 15) is 4.79 Å². The van der Waals surface area contributed by atoms with E-state index in [4.69, 9.17) is 10.7 Å². The van der Waals surface area contributed by atoms with Gasteiger partial charge in [0, 0.05) is 24.1 Å². The summed E-state index contributed by atoms with van der Waals surface area (Å²) in [6.07, 6.45) is 2.73. The number of nitrogens with two attached hydrogens (primary N) is 1. The number of rotatable bonds is 6. The normalized spacial score (nSPS) is 10.8. The number of aromatic nitrogens is 2. The fourth-order valence-corrected chi connectivity index (χ4v) is 2.79. The second-order valence-corrected chi connectivity index (χ2v) is 6.98. The Balaban J connectivity index is 1.94. The van der Waals surface area contributed by atoms with Gasteiger partial charge in [0.25, 0.3) is 0 Å². The van der Waals surface area contributed by atoms with Gasteiger partial charge in [0.15, 0.2) is 5.82 Å². The molecule has 1 heterocycles. The number of amides is 1. The van der Waals surface area contributed by atoms with Crippen LogP contribution in [0.15, 0.2) is 60.8 Å². The number of carbonyl (C=O) groups excluding carboxylic acids is 1. The van der Waals surface area contributed by atoms with Crippen molar-refractivity contribution in [2.45, 2.75) is 26.7 Å². The number of nitrogens with one attached hydrogen (secondary N) is 1. The van der Waals surface area contributed by atoms with Gasteiger partial charge >= 0.3 is 0 Å². The molecule has 138 valence electrons. The zero-order chi connectivity index (χ0) is 19.2. The third-order valence-corrected chi connectivity index (χ3v) is 4.12. The molecule has 0 fully saturated rings. The minimum Gasteiger partial charge on any atom is -0.399 e. The second kappa shape index (κ2) is 8.45. The Morgan fingerprint density at radius 2 is 1.78 bits per heavy atom. The lowest BCUT2D eigenvalue weighted by Gasteiger charge is -2.12. The molecule has 1 amide bonds. The van der Waals surface area contributed by atoms with Crippen LogP contribution in [0.2, 0.25) is 0 Å². The summed E-state index contributed by atoms with van der Waals surface area (Å²) in [6.45, 7) is 4.03. The number of benzene rings is 2. The van der Waals surface area contributed by atoms with Crippen molar-refractivity contribution in [3.8, 4) is 11.3 Å². The zero-order valence-electron chi connectivity index (χ0n) is 15.6. The van der Waals surface area contributed by atoms with Gasteiger partial charge in [-0.3, -0.25) is 4.79 Å². The summed E-state index contributed by atoms with van der Waals surface area (Å²) < 4.78 is 0. The molecule has 0 saturated heterocycles. The molecule has 5 heteroatoms. The molecule has 3 rings (SSSR count). The summed E-state index contributed by atoms with van der Waals surface area (Å²) in [5.41, 5.74) is 10.0. The zero-order valence-corrected chi connectivity index (χ0v) is 15.6. The molecule has 3 N–H and O–H groups in total. The first-order valence-corrected chi connectivity index (χ1v) is 9.07. The van der Waals surface area contributed by atoms with Crippen LogP contribution in [0.1, 0.15) is 31.5 Å². The summed E-state index contributed by atoms with van der Waals surface area (Å²) >= 11 is 0. The van der Waals surface area contributed by atoms with Crippen molar-refractivity contribution in [3.05, 3.63) is 72.1 Å². The third-order valence-electron chi connectivity index (χ3n) is 4.12. The van der Waals surface area contributed by atoms with E-state index in [1.54, 1.807) is 6.20 Å². The highest BCUT2D eigenvalue weighted by Gasteiger charge is 2.13. The van der Waals surface area contributed by atoms with E-state index in [0.717, 1.165) is 22.5 Å². The van der Waals surface area contributed by atoms with E-state index < -0.39 is 0 Å². The lowest BCUT2D eigenvalue weighted by atomic mass is 10.1. The Morgan fingerprint density at radius 1 is 1.07 bits per heavy atom. The van der Waals surface area contributed by atoms with E-state index >= 15 is 0 Å². The number of anilines is 2. The Bertz CT molecular complexity index is 905. The minimum atomic E-state index is -0.0474. The number of hydrogen-bond acceptors (Lipinski definition) is 4. The summed E-state index contributed by atoms with van der Waals surface area (Å²) in [4.78, 5) is 21.5. The van der Waals surface area contributed by atoms with Crippen LogP contribution in [-0.4, -0.2) is 15.9 Å². The van der Waals surface area contributed by atoms with Crippen LogP contribution in [-0.2, 0) is 11.2 Å². The van der Waals surface area contributed by atoms with Crippen molar-refractivity contribution < 1.29 is 4.79 Å². The molecule has 2 aromatic carbocycles. The first-order chi connectivity index (χ1) is 13.0. The molecule has 0 unspecified atom stereocenters. The first kappa shape index (κ1) is 18.6. The lowest BCUT2D eigenvalue weighted by molar-refractivity contribution is -0.116. The van der Waals surface area contributed by atoms with E-state index in [2.05, 4.69) is 10.3 Å². The van der Waals surface area contributed by atoms with Gasteiger partial charge in [0.1, 0.15) is 0 Å². The molecule has 1 aromatic heterocycles. The van der Waals surface area contributed by atoms with E-state index in [-0.39, 0.29) is 11.8 Å². The predicted molar refractivity (Wildman–Crippen MR) is 109 cm³/mol. The largest absolute Gasteiger partial charge is 0.399 e. The maximum absolute atomic E-state index is 12.2. The highest BCUT2D eigenvalue weighted by atomic mass is 16.1. The smallest absolute Gasteiger partial charge is 0.225 e. The van der Waals surface area contributed by atoms with E-state index in [1.807, 2.05) is 68.4 Å². The maximum atomic E-state index is 12.2. The van der Waals surface area contributed by atoms with Crippen molar-refractivity contribution in [2.24, 2.45) is 5.92 Å². The molecular weight excluding hydrogens is 336 g/mol. The molecule has 5 nitrogen and oxygen atoms in total. The van der Waals surface area contributed by atoms with Crippen LogP contribution in [0.25, 0.3) is 11.3 Å². The topological polar surface area (TPSA) is 80.9 Å². The molecular formula is C22H24N4O. The molecule has 0 aliphatic heterocycles. The highest BCUT2D eigenvalue weighted by Crippen LogP contribution is 2.23. The number of carbonyl (C=O) groups is 1. The van der Waals surface area contributed by atoms with Crippen LogP contribution in [0.5, 0.6) is 0 Å². The van der Waals surface area contributed by atoms with Gasteiger partial charge in [-0.15, -0.1) is 0 Å². The second-order valence-electron chi connectivity index (χ2n) is 6.98. The summed E-state index contributed by atoms with van der Waals surface area (Å²) in [6, 6.07) is 17.6. The van der Waals surface area contributed by atoms with Crippen LogP contribution in [0.4, 0.5) is 11.5 Å². The molecule has 0 spiro atoms. The van der Waals surface area contributed by atoms with E-state index in [0.29, 0.717) is 24.3 Å². The Morgan fingerprint density at radius 3 is 2.44 bits per heavy atom. The Kier molecular flexibility index (Phi) is 5.81. The summed E-state index contributed by atoms with van der Waals surface area (Å²) in [5.74, 6) is 0.752. The van der Waals surface area contributed by atoms with Crippen molar-refractivity contribution in [3.63, 3.8) is 0 Å². The average molecular weight is 360 g/mol. The maximum Gasteiger partial charge on any atom is 0.225 e. The van der Waals surface area contributed by atoms with Crippen LogP contribution >= 0.6 is 0 Å². The lowest BCUT2D eigenvalue weighted by Crippen LogP contribution is -2.17. The highest BCUT2D eigenvalue weighted by molar-refractivity contribution is 5.90. The van der Waals surface area contributed by atoms with Gasteiger partial charge < -0.3 is 11.1 Å². The average Bonchev–Trinajstić information content (AvgIpc) is 2.64. The summed E-state index contributed by atoms with van der Waals surface area (Å²) in [7, 11) is 0. The molecule has 0 aliphatic carbocycles. The molecule has 3 aromatic rings. The molecule has 0 aliphatic rings. The van der Waals surface area contributed by atoms with Gasteiger partial charge in [-0.2, -0.15) is 0 Å². The van der Waals surface area contributed by atoms with Crippen LogP contribution in [0.3, 0.4) is 0 Å². The van der Waals surface area contributed by atoms with Gasteiger partial charge in [0.05, 0.1) is 17.6 Å². The van der Waals surface area contributed by atoms with Crippen molar-refractivity contribution >= 4 is 17.4 Å². The molecule has 27 heavy (non-hydrogen) atoms. The van der Waals surface area contributed by atoms with E-state index in [1.165, 1.54) is 0 Å². The van der Waals surface area contributed by atoms with Gasteiger partial charge in [-0.25, -0.2) is 9.97 Å². The van der Waals surface area contributed by atoms with Crippen LogP contribution in [0, 0.1) is 5.92 Å². The Labute approximate surface area is 159 Å². The fourth-order valence-electron chi connectivity index (χ4n) is 2.79. The van der Waals surface area contributed by atoms with Crippen LogP contribution < -0.4 is 11.1 Å². The van der Waals surface area contributed by atoms with Gasteiger partial charge in [-0.05, 0) is 23.6 Å². The standard InChI is InChI=1S/C22H24N4O/c1-15(2)12-21(27)26-22-19(13-16-6-4-3-5-7-16)25-20(14-24-22)17-8-10-18(23)11-9-17/h3-11,14-15H,12-13,23H2,1-2H3,(H,24,26,27). The number of nitrogens with zero attached hydrogens (tertiary/aromatic N) is 2. The monoisotopic (exact) mass is 360 g/mol. The third kappa shape index (κ3) is 5.14. The quantitative estimate of drug-likeness (QED) is 0.642. The molecule has 0 bridgehead atoms. The minimum absolute atomic E-state index is 0.0474. The molecule has 0 saturated carbocycles. The number of hydrogen-bond donors (Lipinski definition) is 2.